The van der Waals surface area contributed by atoms with Gasteiger partial charge in [-0.3, -0.25) is 9.36 Å². The number of nitrogens with one attached hydrogen (secondary N) is 2. The summed E-state index contributed by atoms with van der Waals surface area (Å²) >= 11 is 0. The summed E-state index contributed by atoms with van der Waals surface area (Å²) in [5.74, 6) is 2.70. The van der Waals surface area contributed by atoms with E-state index in [2.05, 4.69) is 48.2 Å². The maximum atomic E-state index is 14.5. The zero-order chi connectivity index (χ0) is 29.8. The highest BCUT2D eigenvalue weighted by Gasteiger charge is 2.56. The number of piperazine rings is 1. The zero-order valence-electron chi connectivity index (χ0n) is 25.8. The third-order valence-electron chi connectivity index (χ3n) is 10.5. The summed E-state index contributed by atoms with van der Waals surface area (Å²) in [5, 5.41) is 7.73. The van der Waals surface area contributed by atoms with Crippen LogP contribution in [0.2, 0.25) is 0 Å². The number of hydrogen-bond acceptors (Lipinski definition) is 4. The molecule has 6 atom stereocenters. The van der Waals surface area contributed by atoms with Crippen molar-refractivity contribution in [2.45, 2.75) is 78.9 Å². The van der Waals surface area contributed by atoms with E-state index < -0.39 is 0 Å². The number of aromatic nitrogens is 2. The van der Waals surface area contributed by atoms with Gasteiger partial charge in [-0.05, 0) is 98.6 Å². The number of guanidine groups is 1. The van der Waals surface area contributed by atoms with E-state index in [4.69, 9.17) is 4.99 Å². The molecule has 3 aromatic rings. The summed E-state index contributed by atoms with van der Waals surface area (Å²) < 4.78 is 16.1. The predicted molar refractivity (Wildman–Crippen MR) is 169 cm³/mol. The predicted octanol–water partition coefficient (Wildman–Crippen LogP) is 5.78. The van der Waals surface area contributed by atoms with E-state index in [0.717, 1.165) is 55.1 Å². The number of rotatable bonds is 5. The van der Waals surface area contributed by atoms with Crippen molar-refractivity contribution < 1.29 is 4.39 Å². The Labute approximate surface area is 248 Å². The van der Waals surface area contributed by atoms with Gasteiger partial charge in [0.25, 0.3) is 5.56 Å². The molecule has 4 aliphatic rings. The summed E-state index contributed by atoms with van der Waals surface area (Å²) in [4.78, 5) is 25.9. The fourth-order valence-electron chi connectivity index (χ4n) is 7.66. The third kappa shape index (κ3) is 5.34. The Kier molecular flexibility index (Phi) is 7.62. The molecule has 7 rings (SSSR count). The molecule has 2 aromatic carbocycles. The molecule has 2 bridgehead atoms. The van der Waals surface area contributed by atoms with Crippen molar-refractivity contribution in [3.05, 3.63) is 70.0 Å². The number of anilines is 1. The van der Waals surface area contributed by atoms with E-state index in [0.29, 0.717) is 46.3 Å². The SMILES string of the molecule is Cc1ccc(C[C@@H](C)n2cnc3cc(NC(=N[C@H]4C[C@@H]5C[C@@H]([C@H]4C)C5(C)C)N4CCN[C@@H](C)C4)ccc3c2=O)c(F)c1. The number of hydrogen-bond donors (Lipinski definition) is 2. The quantitative estimate of drug-likeness (QED) is 0.300. The first-order valence-corrected chi connectivity index (χ1v) is 15.6. The molecule has 42 heavy (non-hydrogen) atoms. The number of benzene rings is 2. The van der Waals surface area contributed by atoms with Crippen LogP contribution in [-0.2, 0) is 6.42 Å². The highest BCUT2D eigenvalue weighted by Crippen LogP contribution is 2.61. The van der Waals surface area contributed by atoms with Crippen LogP contribution in [0.3, 0.4) is 0 Å². The minimum Gasteiger partial charge on any atom is -0.340 e. The first-order valence-electron chi connectivity index (χ1n) is 15.6. The van der Waals surface area contributed by atoms with Crippen LogP contribution in [-0.4, -0.2) is 52.1 Å². The summed E-state index contributed by atoms with van der Waals surface area (Å²) in [6.45, 7) is 16.0. The van der Waals surface area contributed by atoms with Gasteiger partial charge in [0.15, 0.2) is 5.96 Å². The van der Waals surface area contributed by atoms with Gasteiger partial charge in [0.1, 0.15) is 5.82 Å². The van der Waals surface area contributed by atoms with E-state index in [1.54, 1.807) is 17.0 Å². The van der Waals surface area contributed by atoms with E-state index in [9.17, 15) is 9.18 Å². The maximum absolute atomic E-state index is 14.5. The van der Waals surface area contributed by atoms with Crippen LogP contribution >= 0.6 is 0 Å². The van der Waals surface area contributed by atoms with Gasteiger partial charge < -0.3 is 15.5 Å². The average Bonchev–Trinajstić information content (AvgIpc) is 2.95. The van der Waals surface area contributed by atoms with Crippen molar-refractivity contribution in [2.75, 3.05) is 25.0 Å². The third-order valence-corrected chi connectivity index (χ3v) is 10.5. The Bertz CT molecular complexity index is 1560. The Morgan fingerprint density at radius 3 is 2.74 bits per heavy atom. The molecule has 2 heterocycles. The summed E-state index contributed by atoms with van der Waals surface area (Å²) in [7, 11) is 0. The van der Waals surface area contributed by atoms with E-state index in [1.165, 1.54) is 12.5 Å². The Hall–Kier alpha value is -3.26. The summed E-state index contributed by atoms with van der Waals surface area (Å²) in [5.41, 5.74) is 3.30. The monoisotopic (exact) mass is 572 g/mol. The molecule has 1 aliphatic heterocycles. The van der Waals surface area contributed by atoms with E-state index in [1.807, 2.05) is 38.1 Å². The van der Waals surface area contributed by atoms with Crippen molar-refractivity contribution >= 4 is 22.5 Å². The van der Waals surface area contributed by atoms with Crippen molar-refractivity contribution in [2.24, 2.45) is 28.2 Å². The lowest BCUT2D eigenvalue weighted by molar-refractivity contribution is -0.108. The maximum Gasteiger partial charge on any atom is 0.261 e. The Balaban J connectivity index is 1.25. The largest absolute Gasteiger partial charge is 0.340 e. The van der Waals surface area contributed by atoms with Crippen LogP contribution < -0.4 is 16.2 Å². The average molecular weight is 573 g/mol. The van der Waals surface area contributed by atoms with Gasteiger partial charge >= 0.3 is 0 Å². The van der Waals surface area contributed by atoms with Gasteiger partial charge in [0, 0.05) is 37.4 Å². The second kappa shape index (κ2) is 11.1. The van der Waals surface area contributed by atoms with Crippen molar-refractivity contribution in [1.29, 1.82) is 0 Å². The molecule has 3 saturated carbocycles. The second-order valence-corrected chi connectivity index (χ2v) is 13.7. The lowest BCUT2D eigenvalue weighted by atomic mass is 9.45. The van der Waals surface area contributed by atoms with E-state index >= 15 is 0 Å². The molecule has 4 fully saturated rings. The van der Waals surface area contributed by atoms with Crippen LogP contribution in [0, 0.1) is 35.9 Å². The van der Waals surface area contributed by atoms with Crippen molar-refractivity contribution in [1.82, 2.24) is 19.8 Å². The molecular weight excluding hydrogens is 527 g/mol. The molecule has 8 heteroatoms. The number of fused-ring (bicyclic) bond motifs is 3. The molecule has 0 radical (unpaired) electrons. The van der Waals surface area contributed by atoms with Crippen LogP contribution in [0.4, 0.5) is 10.1 Å². The van der Waals surface area contributed by atoms with Gasteiger partial charge in [-0.25, -0.2) is 14.4 Å². The number of aryl methyl sites for hydroxylation is 1. The number of nitrogens with zero attached hydrogens (tertiary/aromatic N) is 4. The van der Waals surface area contributed by atoms with Crippen molar-refractivity contribution in [3.8, 4) is 0 Å². The van der Waals surface area contributed by atoms with Gasteiger partial charge in [-0.15, -0.1) is 0 Å². The van der Waals surface area contributed by atoms with Gasteiger partial charge in [0.05, 0.1) is 23.3 Å². The molecule has 7 nitrogen and oxygen atoms in total. The van der Waals surface area contributed by atoms with Gasteiger partial charge in [-0.2, -0.15) is 0 Å². The lowest BCUT2D eigenvalue weighted by Gasteiger charge is -2.61. The van der Waals surface area contributed by atoms with Crippen molar-refractivity contribution in [3.63, 3.8) is 0 Å². The standard InChI is InChI=1S/C34H45FN6O/c1-20-7-8-24(29(35)13-20)14-22(3)41-19-37-31-17-26(9-10-27(31)32(41)42)38-33(40-12-11-36-21(2)18-40)39-30-16-25-15-28(23(30)4)34(25,5)6/h7-10,13,17,19,21-23,25,28,30,36H,11-12,14-16,18H2,1-6H3,(H,38,39)/t21-,22+,23+,25-,28-,30-/m0/s1. The first-order chi connectivity index (χ1) is 20.0. The molecule has 0 amide bonds. The second-order valence-electron chi connectivity index (χ2n) is 13.7. The highest BCUT2D eigenvalue weighted by molar-refractivity contribution is 5.96. The molecule has 0 unspecified atom stereocenters. The van der Waals surface area contributed by atoms with Gasteiger partial charge in [0.2, 0.25) is 0 Å². The molecule has 1 saturated heterocycles. The molecule has 2 N–H and O–H groups in total. The molecule has 224 valence electrons. The fraction of sp³-hybridized carbons (Fsp3) is 0.559. The molecular formula is C34H45FN6O. The summed E-state index contributed by atoms with van der Waals surface area (Å²) in [6, 6.07) is 11.4. The first kappa shape index (κ1) is 28.8. The fourth-order valence-corrected chi connectivity index (χ4v) is 7.66. The van der Waals surface area contributed by atoms with Crippen LogP contribution in [0.25, 0.3) is 10.9 Å². The zero-order valence-corrected chi connectivity index (χ0v) is 25.8. The topological polar surface area (TPSA) is 74.6 Å². The lowest BCUT2D eigenvalue weighted by Crippen LogP contribution is -2.57. The van der Waals surface area contributed by atoms with E-state index in [-0.39, 0.29) is 17.4 Å². The van der Waals surface area contributed by atoms with Crippen LogP contribution in [0.1, 0.15) is 64.6 Å². The molecule has 3 aliphatic carbocycles. The van der Waals surface area contributed by atoms with Crippen LogP contribution in [0.15, 0.2) is 52.5 Å². The normalized spacial score (nSPS) is 27.9. The smallest absolute Gasteiger partial charge is 0.261 e. The minimum absolute atomic E-state index is 0.116. The number of aliphatic imine (C=N–C) groups is 1. The van der Waals surface area contributed by atoms with Crippen LogP contribution in [0.5, 0.6) is 0 Å². The Morgan fingerprint density at radius 2 is 2.02 bits per heavy atom. The number of halogens is 1. The summed E-state index contributed by atoms with van der Waals surface area (Å²) in [6.07, 6.45) is 4.48. The Morgan fingerprint density at radius 1 is 1.21 bits per heavy atom. The molecule has 1 aromatic heterocycles. The minimum atomic E-state index is -0.237. The molecule has 0 spiro atoms. The highest BCUT2D eigenvalue weighted by atomic mass is 19.1. The van der Waals surface area contributed by atoms with Gasteiger partial charge in [-0.1, -0.05) is 32.9 Å².